The van der Waals surface area contributed by atoms with Crippen molar-refractivity contribution in [2.45, 2.75) is 57.2 Å². The summed E-state index contributed by atoms with van der Waals surface area (Å²) in [6.45, 7) is 4.69. The smallest absolute Gasteiger partial charge is 0.205 e. The van der Waals surface area contributed by atoms with Gasteiger partial charge in [-0.3, -0.25) is 0 Å². The average Bonchev–Trinajstić information content (AvgIpc) is 3.25. The molecule has 21 heavy (non-hydrogen) atoms. The molecule has 5 nitrogen and oxygen atoms in total. The first-order chi connectivity index (χ1) is 10.2. The minimum Gasteiger partial charge on any atom is -0.392 e. The summed E-state index contributed by atoms with van der Waals surface area (Å²) < 4.78 is 10.3. The van der Waals surface area contributed by atoms with Crippen LogP contribution in [0.1, 0.15) is 50.8 Å². The molecule has 6 heteroatoms. The average molecular weight is 309 g/mol. The molecule has 0 aromatic carbocycles. The van der Waals surface area contributed by atoms with Gasteiger partial charge >= 0.3 is 0 Å². The van der Waals surface area contributed by atoms with Crippen molar-refractivity contribution in [3.8, 4) is 0 Å². The highest BCUT2D eigenvalue weighted by molar-refractivity contribution is 7.09. The first-order valence-electron chi connectivity index (χ1n) is 8.11. The molecular formula is C15H23N3O2S. The second kappa shape index (κ2) is 5.18. The molecule has 2 saturated carbocycles. The van der Waals surface area contributed by atoms with Crippen LogP contribution in [0.5, 0.6) is 0 Å². The van der Waals surface area contributed by atoms with Crippen molar-refractivity contribution in [1.82, 2.24) is 9.36 Å². The Morgan fingerprint density at radius 1 is 1.38 bits per heavy atom. The van der Waals surface area contributed by atoms with E-state index in [-0.39, 0.29) is 17.6 Å². The predicted octanol–water partition coefficient (Wildman–Crippen LogP) is 2.17. The van der Waals surface area contributed by atoms with E-state index in [1.54, 1.807) is 0 Å². The van der Waals surface area contributed by atoms with Crippen LogP contribution in [-0.2, 0) is 4.74 Å². The molecule has 0 amide bonds. The zero-order chi connectivity index (χ0) is 14.4. The van der Waals surface area contributed by atoms with E-state index in [1.807, 2.05) is 6.92 Å². The van der Waals surface area contributed by atoms with Crippen molar-refractivity contribution in [2.75, 3.05) is 24.6 Å². The molecule has 3 aliphatic rings. The molecule has 2 aliphatic carbocycles. The van der Waals surface area contributed by atoms with Crippen molar-refractivity contribution in [2.24, 2.45) is 5.41 Å². The molecule has 2 atom stereocenters. The van der Waals surface area contributed by atoms with E-state index in [2.05, 4.69) is 9.27 Å². The molecule has 4 rings (SSSR count). The Morgan fingerprint density at radius 2 is 2.14 bits per heavy atom. The quantitative estimate of drug-likeness (QED) is 0.924. The maximum absolute atomic E-state index is 10.2. The third-order valence-corrected chi connectivity index (χ3v) is 6.24. The maximum Gasteiger partial charge on any atom is 0.205 e. The maximum atomic E-state index is 10.2. The summed E-state index contributed by atoms with van der Waals surface area (Å²) in [5, 5.41) is 11.3. The number of rotatable bonds is 4. The standard InChI is InChI=1S/C15H23N3O2S/c1-2-20-12-9-11(19)15(12)5-7-18(8-6-15)14-16-13(17-21-14)10-3-4-10/h10-12,19H,2-9H2,1H3/t11-,12-/m1/s1. The van der Waals surface area contributed by atoms with Crippen LogP contribution in [0.4, 0.5) is 5.13 Å². The van der Waals surface area contributed by atoms with E-state index >= 15 is 0 Å². The van der Waals surface area contributed by atoms with Crippen LogP contribution in [0.3, 0.4) is 0 Å². The number of anilines is 1. The number of aromatic nitrogens is 2. The Hall–Kier alpha value is -0.720. The van der Waals surface area contributed by atoms with Crippen LogP contribution >= 0.6 is 11.5 Å². The van der Waals surface area contributed by atoms with Gasteiger partial charge in [-0.05, 0) is 32.6 Å². The highest BCUT2D eigenvalue weighted by Gasteiger charge is 2.56. The molecule has 3 fully saturated rings. The molecule has 1 N–H and O–H groups in total. The van der Waals surface area contributed by atoms with E-state index in [9.17, 15) is 5.11 Å². The number of hydrogen-bond donors (Lipinski definition) is 1. The number of ether oxygens (including phenoxy) is 1. The van der Waals surface area contributed by atoms with E-state index in [0.29, 0.717) is 5.92 Å². The van der Waals surface area contributed by atoms with Crippen LogP contribution in [0.2, 0.25) is 0 Å². The first kappa shape index (κ1) is 13.9. The SMILES string of the molecule is CCO[C@@H]1C[C@@H](O)C12CCN(c1nc(C3CC3)ns1)CC2. The summed E-state index contributed by atoms with van der Waals surface area (Å²) in [6, 6.07) is 0. The van der Waals surface area contributed by atoms with Gasteiger partial charge in [0.1, 0.15) is 5.82 Å². The van der Waals surface area contributed by atoms with Gasteiger partial charge < -0.3 is 14.7 Å². The number of hydrogen-bond acceptors (Lipinski definition) is 6. The van der Waals surface area contributed by atoms with Gasteiger partial charge in [-0.1, -0.05) is 0 Å². The molecule has 116 valence electrons. The lowest BCUT2D eigenvalue weighted by Gasteiger charge is -2.56. The lowest BCUT2D eigenvalue weighted by Crippen LogP contribution is -2.62. The van der Waals surface area contributed by atoms with Gasteiger partial charge in [-0.25, -0.2) is 4.98 Å². The molecule has 0 bridgehead atoms. The summed E-state index contributed by atoms with van der Waals surface area (Å²) >= 11 is 1.53. The fourth-order valence-electron chi connectivity index (χ4n) is 3.79. The summed E-state index contributed by atoms with van der Waals surface area (Å²) in [5.41, 5.74) is -0.00345. The van der Waals surface area contributed by atoms with E-state index in [0.717, 1.165) is 49.9 Å². The van der Waals surface area contributed by atoms with Crippen molar-refractivity contribution < 1.29 is 9.84 Å². The summed E-state index contributed by atoms with van der Waals surface area (Å²) in [6.07, 6.45) is 5.36. The van der Waals surface area contributed by atoms with Gasteiger partial charge in [-0.15, -0.1) is 0 Å². The minimum atomic E-state index is -0.187. The van der Waals surface area contributed by atoms with Crippen LogP contribution in [0.25, 0.3) is 0 Å². The third kappa shape index (κ3) is 2.28. The number of aliphatic hydroxyl groups is 1. The monoisotopic (exact) mass is 309 g/mol. The van der Waals surface area contributed by atoms with Crippen molar-refractivity contribution >= 4 is 16.7 Å². The van der Waals surface area contributed by atoms with Crippen molar-refractivity contribution in [1.29, 1.82) is 0 Å². The normalized spacial score (nSPS) is 31.4. The summed E-state index contributed by atoms with van der Waals surface area (Å²) in [5.74, 6) is 1.67. The minimum absolute atomic E-state index is 0.00345. The molecule has 2 heterocycles. The van der Waals surface area contributed by atoms with Gasteiger partial charge in [0.15, 0.2) is 0 Å². The second-order valence-electron chi connectivity index (χ2n) is 6.63. The zero-order valence-corrected chi connectivity index (χ0v) is 13.3. The van der Waals surface area contributed by atoms with Gasteiger partial charge in [-0.2, -0.15) is 4.37 Å². The molecule has 0 unspecified atom stereocenters. The van der Waals surface area contributed by atoms with Crippen LogP contribution < -0.4 is 4.90 Å². The highest BCUT2D eigenvalue weighted by Crippen LogP contribution is 2.51. The van der Waals surface area contributed by atoms with E-state index in [1.165, 1.54) is 24.4 Å². The van der Waals surface area contributed by atoms with Gasteiger partial charge in [0, 0.05) is 49.0 Å². The van der Waals surface area contributed by atoms with Gasteiger partial charge in [0.25, 0.3) is 0 Å². The molecule has 1 aromatic rings. The van der Waals surface area contributed by atoms with Crippen LogP contribution in [0, 0.1) is 5.41 Å². The lowest BCUT2D eigenvalue weighted by molar-refractivity contribution is -0.199. The molecule has 1 spiro atoms. The van der Waals surface area contributed by atoms with Crippen LogP contribution in [-0.4, -0.2) is 46.4 Å². The second-order valence-corrected chi connectivity index (χ2v) is 7.36. The first-order valence-corrected chi connectivity index (χ1v) is 8.88. The van der Waals surface area contributed by atoms with E-state index in [4.69, 9.17) is 9.72 Å². The molecule has 1 saturated heterocycles. The predicted molar refractivity (Wildman–Crippen MR) is 81.8 cm³/mol. The summed E-state index contributed by atoms with van der Waals surface area (Å²) in [4.78, 5) is 7.04. The Morgan fingerprint density at radius 3 is 2.76 bits per heavy atom. The Balaban J connectivity index is 1.41. The zero-order valence-electron chi connectivity index (χ0n) is 12.5. The number of nitrogens with zero attached hydrogens (tertiary/aromatic N) is 3. The Labute approximate surface area is 129 Å². The highest BCUT2D eigenvalue weighted by atomic mass is 32.1. The van der Waals surface area contributed by atoms with Gasteiger partial charge in [0.05, 0.1) is 12.2 Å². The van der Waals surface area contributed by atoms with Gasteiger partial charge in [0.2, 0.25) is 5.13 Å². The molecule has 0 radical (unpaired) electrons. The Kier molecular flexibility index (Phi) is 3.43. The van der Waals surface area contributed by atoms with Crippen molar-refractivity contribution in [3.63, 3.8) is 0 Å². The van der Waals surface area contributed by atoms with E-state index < -0.39 is 0 Å². The molecule has 1 aliphatic heterocycles. The van der Waals surface area contributed by atoms with Crippen molar-refractivity contribution in [3.05, 3.63) is 5.82 Å². The number of piperidine rings is 1. The fraction of sp³-hybridized carbons (Fsp3) is 0.867. The molecule has 1 aromatic heterocycles. The summed E-state index contributed by atoms with van der Waals surface area (Å²) in [7, 11) is 0. The largest absolute Gasteiger partial charge is 0.392 e. The Bertz CT molecular complexity index is 507. The molecular weight excluding hydrogens is 286 g/mol. The number of aliphatic hydroxyl groups excluding tert-OH is 1. The fourth-order valence-corrected chi connectivity index (χ4v) is 4.59. The topological polar surface area (TPSA) is 58.5 Å². The lowest BCUT2D eigenvalue weighted by atomic mass is 9.58. The van der Waals surface area contributed by atoms with Crippen LogP contribution in [0.15, 0.2) is 0 Å². The third-order valence-electron chi connectivity index (χ3n) is 5.45.